The fraction of sp³-hybridized carbons (Fsp3) is 1.00. The molecule has 0 radical (unpaired) electrons. The van der Waals surface area contributed by atoms with Crippen LogP contribution < -0.4 is 0 Å². The molecule has 0 spiro atoms. The largest absolute Gasteiger partial charge is 0.396 e. The molecule has 1 aliphatic carbocycles. The summed E-state index contributed by atoms with van der Waals surface area (Å²) in [5.41, 5.74) is -0.154. The Hall–Kier alpha value is -0.120. The maximum Gasteiger partial charge on any atom is 0.0609 e. The van der Waals surface area contributed by atoms with Gasteiger partial charge < -0.3 is 10.2 Å². The number of nitrogens with zero attached hydrogens (tertiary/aromatic N) is 1. The molecule has 2 N–H and O–H groups in total. The van der Waals surface area contributed by atoms with Crippen molar-refractivity contribution >= 4 is 0 Å². The van der Waals surface area contributed by atoms with E-state index in [0.29, 0.717) is 0 Å². The summed E-state index contributed by atoms with van der Waals surface area (Å²) in [5.74, 6) is 0.797. The van der Waals surface area contributed by atoms with Crippen LogP contribution in [0.2, 0.25) is 0 Å². The zero-order valence-electron chi connectivity index (χ0n) is 11.9. The molecule has 0 saturated heterocycles. The molecule has 102 valence electrons. The van der Waals surface area contributed by atoms with E-state index in [1.165, 1.54) is 12.8 Å². The Labute approximate surface area is 106 Å². The third-order valence-corrected chi connectivity index (χ3v) is 4.66. The first-order chi connectivity index (χ1) is 7.85. The van der Waals surface area contributed by atoms with Gasteiger partial charge in [-0.1, -0.05) is 19.8 Å². The van der Waals surface area contributed by atoms with Gasteiger partial charge in [-0.05, 0) is 39.7 Å². The second kappa shape index (κ2) is 5.68. The van der Waals surface area contributed by atoms with E-state index >= 15 is 0 Å². The fourth-order valence-corrected chi connectivity index (χ4v) is 2.58. The third kappa shape index (κ3) is 3.67. The van der Waals surface area contributed by atoms with E-state index < -0.39 is 0 Å². The molecule has 0 bridgehead atoms. The van der Waals surface area contributed by atoms with Crippen LogP contribution >= 0.6 is 0 Å². The molecule has 0 aromatic heterocycles. The number of likely N-dealkylation sites (N-methyl/N-ethyl adjacent to an activating group) is 1. The van der Waals surface area contributed by atoms with Crippen LogP contribution in [0.4, 0.5) is 0 Å². The average molecular weight is 243 g/mol. The summed E-state index contributed by atoms with van der Waals surface area (Å²) >= 11 is 0. The van der Waals surface area contributed by atoms with Gasteiger partial charge in [0.2, 0.25) is 0 Å². The molecule has 1 saturated carbocycles. The SMILES string of the molecule is CC1CCC(CO)(CN(C)C(C)(C)CO)CC1. The summed E-state index contributed by atoms with van der Waals surface area (Å²) in [5, 5.41) is 19.1. The first-order valence-corrected chi connectivity index (χ1v) is 6.78. The Morgan fingerprint density at radius 3 is 2.18 bits per heavy atom. The summed E-state index contributed by atoms with van der Waals surface area (Å²) in [6, 6.07) is 0. The van der Waals surface area contributed by atoms with Crippen molar-refractivity contribution in [2.75, 3.05) is 26.8 Å². The minimum Gasteiger partial charge on any atom is -0.396 e. The molecule has 3 nitrogen and oxygen atoms in total. The molecule has 17 heavy (non-hydrogen) atoms. The van der Waals surface area contributed by atoms with Crippen LogP contribution in [0, 0.1) is 11.3 Å². The lowest BCUT2D eigenvalue weighted by molar-refractivity contribution is -0.00837. The van der Waals surface area contributed by atoms with E-state index in [0.717, 1.165) is 25.3 Å². The highest BCUT2D eigenvalue weighted by Crippen LogP contribution is 2.39. The van der Waals surface area contributed by atoms with Gasteiger partial charge in [-0.25, -0.2) is 0 Å². The van der Waals surface area contributed by atoms with Crippen molar-refractivity contribution < 1.29 is 10.2 Å². The van der Waals surface area contributed by atoms with Crippen molar-refractivity contribution in [2.45, 2.75) is 52.0 Å². The first kappa shape index (κ1) is 14.9. The molecule has 0 aromatic carbocycles. The van der Waals surface area contributed by atoms with Gasteiger partial charge in [0.05, 0.1) is 6.61 Å². The minimum atomic E-state index is -0.203. The fourth-order valence-electron chi connectivity index (χ4n) is 2.58. The van der Waals surface area contributed by atoms with Gasteiger partial charge in [0.15, 0.2) is 0 Å². The predicted octanol–water partition coefficient (Wildman–Crippen LogP) is 1.88. The topological polar surface area (TPSA) is 43.7 Å². The van der Waals surface area contributed by atoms with E-state index in [1.807, 2.05) is 20.9 Å². The molecule has 3 heteroatoms. The highest BCUT2D eigenvalue weighted by atomic mass is 16.3. The standard InChI is InChI=1S/C14H29NO2/c1-12-5-7-14(11-17,8-6-12)9-15(4)13(2,3)10-16/h12,16-17H,5-11H2,1-4H3. The van der Waals surface area contributed by atoms with Gasteiger partial charge in [-0.2, -0.15) is 0 Å². The van der Waals surface area contributed by atoms with Crippen LogP contribution in [0.25, 0.3) is 0 Å². The molecule has 1 rings (SSSR count). The summed E-state index contributed by atoms with van der Waals surface area (Å²) in [6.07, 6.45) is 4.65. The lowest BCUT2D eigenvalue weighted by Gasteiger charge is -2.44. The highest BCUT2D eigenvalue weighted by molar-refractivity contribution is 4.90. The minimum absolute atomic E-state index is 0.0493. The lowest BCUT2D eigenvalue weighted by Crippen LogP contribution is -2.51. The van der Waals surface area contributed by atoms with Gasteiger partial charge in [0, 0.05) is 24.1 Å². The van der Waals surface area contributed by atoms with E-state index in [4.69, 9.17) is 0 Å². The molecule has 0 atom stereocenters. The average Bonchev–Trinajstić information content (AvgIpc) is 2.32. The second-order valence-corrected chi connectivity index (χ2v) is 6.67. The van der Waals surface area contributed by atoms with Crippen molar-refractivity contribution in [2.24, 2.45) is 11.3 Å². The maximum atomic E-state index is 9.73. The Kier molecular flexibility index (Phi) is 4.99. The molecule has 0 aromatic rings. The Morgan fingerprint density at radius 2 is 1.76 bits per heavy atom. The quantitative estimate of drug-likeness (QED) is 0.775. The highest BCUT2D eigenvalue weighted by Gasteiger charge is 2.37. The zero-order valence-corrected chi connectivity index (χ0v) is 11.9. The van der Waals surface area contributed by atoms with Crippen molar-refractivity contribution in [1.29, 1.82) is 0 Å². The molecule has 0 amide bonds. The summed E-state index contributed by atoms with van der Waals surface area (Å²) in [7, 11) is 2.05. The van der Waals surface area contributed by atoms with Gasteiger partial charge in [-0.3, -0.25) is 4.90 Å². The molecular formula is C14H29NO2. The number of aliphatic hydroxyl groups is 2. The Morgan fingerprint density at radius 1 is 1.24 bits per heavy atom. The predicted molar refractivity (Wildman–Crippen MR) is 70.9 cm³/mol. The van der Waals surface area contributed by atoms with E-state index in [-0.39, 0.29) is 24.2 Å². The summed E-state index contributed by atoms with van der Waals surface area (Å²) < 4.78 is 0. The summed E-state index contributed by atoms with van der Waals surface area (Å²) in [4.78, 5) is 2.19. The van der Waals surface area contributed by atoms with Crippen LogP contribution in [0.1, 0.15) is 46.5 Å². The van der Waals surface area contributed by atoms with Crippen molar-refractivity contribution in [1.82, 2.24) is 4.90 Å². The van der Waals surface area contributed by atoms with Crippen LogP contribution in [-0.4, -0.2) is 47.5 Å². The Bertz CT molecular complexity index is 232. The Balaban J connectivity index is 2.63. The number of aliphatic hydroxyl groups excluding tert-OH is 2. The first-order valence-electron chi connectivity index (χ1n) is 6.78. The molecule has 0 heterocycles. The van der Waals surface area contributed by atoms with E-state index in [9.17, 15) is 10.2 Å². The van der Waals surface area contributed by atoms with Gasteiger partial charge in [0.1, 0.15) is 0 Å². The molecular weight excluding hydrogens is 214 g/mol. The van der Waals surface area contributed by atoms with Crippen LogP contribution in [0.15, 0.2) is 0 Å². The molecule has 1 aliphatic rings. The number of hydrogen-bond acceptors (Lipinski definition) is 3. The normalized spacial score (nSPS) is 30.9. The van der Waals surface area contributed by atoms with Gasteiger partial charge in [0.25, 0.3) is 0 Å². The van der Waals surface area contributed by atoms with E-state index in [1.54, 1.807) is 0 Å². The molecule has 0 aliphatic heterocycles. The van der Waals surface area contributed by atoms with Gasteiger partial charge >= 0.3 is 0 Å². The van der Waals surface area contributed by atoms with Gasteiger partial charge in [-0.15, -0.1) is 0 Å². The van der Waals surface area contributed by atoms with Crippen molar-refractivity contribution in [3.63, 3.8) is 0 Å². The maximum absolute atomic E-state index is 9.73. The third-order valence-electron chi connectivity index (χ3n) is 4.66. The van der Waals surface area contributed by atoms with Crippen LogP contribution in [0.3, 0.4) is 0 Å². The van der Waals surface area contributed by atoms with Crippen molar-refractivity contribution in [3.05, 3.63) is 0 Å². The number of hydrogen-bond donors (Lipinski definition) is 2. The van der Waals surface area contributed by atoms with E-state index in [2.05, 4.69) is 11.8 Å². The van der Waals surface area contributed by atoms with Crippen molar-refractivity contribution in [3.8, 4) is 0 Å². The van der Waals surface area contributed by atoms with Crippen LogP contribution in [-0.2, 0) is 0 Å². The zero-order chi connectivity index (χ0) is 13.1. The lowest BCUT2D eigenvalue weighted by atomic mass is 9.70. The smallest absolute Gasteiger partial charge is 0.0609 e. The van der Waals surface area contributed by atoms with Crippen LogP contribution in [0.5, 0.6) is 0 Å². The molecule has 1 fully saturated rings. The number of rotatable bonds is 5. The monoisotopic (exact) mass is 243 g/mol. The summed E-state index contributed by atoms with van der Waals surface area (Å²) in [6.45, 7) is 7.69. The second-order valence-electron chi connectivity index (χ2n) is 6.67. The molecule has 0 unspecified atom stereocenters.